The summed E-state index contributed by atoms with van der Waals surface area (Å²) in [6, 6.07) is 0. The Labute approximate surface area is 123 Å². The predicted octanol–water partition coefficient (Wildman–Crippen LogP) is 1.64. The van der Waals surface area contributed by atoms with Crippen LogP contribution in [-0.4, -0.2) is 47.4 Å². The second kappa shape index (κ2) is 5.93. The number of amides is 1. The van der Waals surface area contributed by atoms with Crippen molar-refractivity contribution in [2.24, 2.45) is 5.41 Å². The van der Waals surface area contributed by atoms with Crippen LogP contribution >= 0.6 is 11.3 Å². The van der Waals surface area contributed by atoms with Gasteiger partial charge in [-0.05, 0) is 19.5 Å². The maximum Gasteiger partial charge on any atom is 0.226 e. The second-order valence-electron chi connectivity index (χ2n) is 6.18. The van der Waals surface area contributed by atoms with Crippen molar-refractivity contribution >= 4 is 22.2 Å². The van der Waals surface area contributed by atoms with Gasteiger partial charge in [0.15, 0.2) is 4.96 Å². The highest BCUT2D eigenvalue weighted by atomic mass is 32.1. The molecule has 20 heavy (non-hydrogen) atoms. The van der Waals surface area contributed by atoms with Crippen LogP contribution in [0.1, 0.15) is 19.5 Å². The van der Waals surface area contributed by atoms with Crippen LogP contribution in [-0.2, 0) is 11.2 Å². The summed E-state index contributed by atoms with van der Waals surface area (Å²) < 4.78 is 1.95. The van der Waals surface area contributed by atoms with Gasteiger partial charge in [0.05, 0.1) is 12.1 Å². The maximum absolute atomic E-state index is 12.0. The average molecular weight is 294 g/mol. The zero-order chi connectivity index (χ0) is 14.8. The molecule has 0 unspecified atom stereocenters. The minimum Gasteiger partial charge on any atom is -0.355 e. The number of nitrogens with zero attached hydrogens (tertiary/aromatic N) is 3. The third-order valence-electron chi connectivity index (χ3n) is 2.99. The number of rotatable bonds is 6. The number of hydrogen-bond donors (Lipinski definition) is 1. The van der Waals surface area contributed by atoms with Gasteiger partial charge in [-0.3, -0.25) is 9.20 Å². The van der Waals surface area contributed by atoms with Crippen molar-refractivity contribution in [3.05, 3.63) is 23.5 Å². The lowest BCUT2D eigenvalue weighted by Crippen LogP contribution is -2.40. The first-order valence-electron chi connectivity index (χ1n) is 6.68. The van der Waals surface area contributed by atoms with Gasteiger partial charge in [-0.2, -0.15) is 0 Å². The molecule has 0 fully saturated rings. The van der Waals surface area contributed by atoms with Crippen molar-refractivity contribution in [3.8, 4) is 0 Å². The first-order chi connectivity index (χ1) is 9.35. The summed E-state index contributed by atoms with van der Waals surface area (Å²) in [7, 11) is 4.09. The molecule has 110 valence electrons. The van der Waals surface area contributed by atoms with Gasteiger partial charge in [0.1, 0.15) is 0 Å². The van der Waals surface area contributed by atoms with E-state index in [-0.39, 0.29) is 11.3 Å². The molecule has 0 aliphatic heterocycles. The quantitative estimate of drug-likeness (QED) is 0.881. The number of thiazole rings is 1. The smallest absolute Gasteiger partial charge is 0.226 e. The summed E-state index contributed by atoms with van der Waals surface area (Å²) in [5.41, 5.74) is 0.882. The molecule has 1 N–H and O–H groups in total. The first-order valence-corrected chi connectivity index (χ1v) is 7.56. The molecule has 2 heterocycles. The number of aromatic nitrogens is 2. The molecule has 6 heteroatoms. The van der Waals surface area contributed by atoms with Gasteiger partial charge < -0.3 is 10.2 Å². The lowest BCUT2D eigenvalue weighted by atomic mass is 9.93. The highest BCUT2D eigenvalue weighted by Crippen LogP contribution is 2.15. The molecule has 0 saturated carbocycles. The number of nitrogens with one attached hydrogen (secondary N) is 1. The van der Waals surface area contributed by atoms with Gasteiger partial charge in [0.2, 0.25) is 5.91 Å². The SMILES string of the molecule is CN(C)CC(C)(C)CNC(=O)Cc1cn2ccsc2n1. The van der Waals surface area contributed by atoms with Crippen LogP contribution in [0.25, 0.3) is 4.96 Å². The van der Waals surface area contributed by atoms with E-state index in [1.54, 1.807) is 11.3 Å². The monoisotopic (exact) mass is 294 g/mol. The van der Waals surface area contributed by atoms with Gasteiger partial charge in [-0.1, -0.05) is 13.8 Å². The number of imidazole rings is 1. The summed E-state index contributed by atoms with van der Waals surface area (Å²) in [5.74, 6) is 0.0302. The van der Waals surface area contributed by atoms with E-state index in [0.717, 1.165) is 17.2 Å². The molecular formula is C14H22N4OS. The average Bonchev–Trinajstić information content (AvgIpc) is 2.85. The zero-order valence-corrected chi connectivity index (χ0v) is 13.3. The number of carbonyl (C=O) groups excluding carboxylic acids is 1. The van der Waals surface area contributed by atoms with Crippen LogP contribution in [0.5, 0.6) is 0 Å². The summed E-state index contributed by atoms with van der Waals surface area (Å²) >= 11 is 1.57. The predicted molar refractivity (Wildman–Crippen MR) is 82.1 cm³/mol. The molecule has 1 amide bonds. The van der Waals surface area contributed by atoms with E-state index in [0.29, 0.717) is 13.0 Å². The fourth-order valence-corrected chi connectivity index (χ4v) is 3.06. The van der Waals surface area contributed by atoms with Crippen LogP contribution in [0.15, 0.2) is 17.8 Å². The number of hydrogen-bond acceptors (Lipinski definition) is 4. The molecule has 0 spiro atoms. The van der Waals surface area contributed by atoms with Gasteiger partial charge in [-0.15, -0.1) is 11.3 Å². The van der Waals surface area contributed by atoms with E-state index in [2.05, 4.69) is 29.0 Å². The van der Waals surface area contributed by atoms with Crippen LogP contribution in [0.3, 0.4) is 0 Å². The molecule has 0 radical (unpaired) electrons. The van der Waals surface area contributed by atoms with E-state index >= 15 is 0 Å². The molecule has 0 aliphatic rings. The molecule has 0 saturated heterocycles. The van der Waals surface area contributed by atoms with Crippen molar-refractivity contribution in [1.82, 2.24) is 19.6 Å². The van der Waals surface area contributed by atoms with Crippen molar-refractivity contribution in [1.29, 1.82) is 0 Å². The number of carbonyl (C=O) groups is 1. The Bertz CT molecular complexity index is 556. The summed E-state index contributed by atoms with van der Waals surface area (Å²) in [4.78, 5) is 19.5. The largest absolute Gasteiger partial charge is 0.355 e. The lowest BCUT2D eigenvalue weighted by molar-refractivity contribution is -0.121. The minimum absolute atomic E-state index is 0.0302. The number of fused-ring (bicyclic) bond motifs is 1. The van der Waals surface area contributed by atoms with Crippen molar-refractivity contribution in [2.75, 3.05) is 27.2 Å². The Balaban J connectivity index is 1.85. The lowest BCUT2D eigenvalue weighted by Gasteiger charge is -2.28. The van der Waals surface area contributed by atoms with Crippen LogP contribution < -0.4 is 5.32 Å². The minimum atomic E-state index is 0.0302. The summed E-state index contributed by atoms with van der Waals surface area (Å²) in [6.07, 6.45) is 4.21. The van der Waals surface area contributed by atoms with E-state index in [4.69, 9.17) is 0 Å². The molecule has 2 aromatic heterocycles. The second-order valence-corrected chi connectivity index (χ2v) is 7.05. The summed E-state index contributed by atoms with van der Waals surface area (Å²) in [6.45, 7) is 5.92. The van der Waals surface area contributed by atoms with Crippen LogP contribution in [0, 0.1) is 5.41 Å². The third kappa shape index (κ3) is 4.05. The molecule has 2 rings (SSSR count). The highest BCUT2D eigenvalue weighted by molar-refractivity contribution is 7.15. The van der Waals surface area contributed by atoms with E-state index in [9.17, 15) is 4.79 Å². The molecule has 0 aliphatic carbocycles. The first kappa shape index (κ1) is 15.0. The molecule has 0 aromatic carbocycles. The van der Waals surface area contributed by atoms with Crippen LogP contribution in [0.2, 0.25) is 0 Å². The van der Waals surface area contributed by atoms with E-state index < -0.39 is 0 Å². The third-order valence-corrected chi connectivity index (χ3v) is 3.76. The van der Waals surface area contributed by atoms with Crippen molar-refractivity contribution < 1.29 is 4.79 Å². The Hall–Kier alpha value is -1.40. The van der Waals surface area contributed by atoms with Crippen molar-refractivity contribution in [2.45, 2.75) is 20.3 Å². The fraction of sp³-hybridized carbons (Fsp3) is 0.571. The Kier molecular flexibility index (Phi) is 4.45. The molecule has 5 nitrogen and oxygen atoms in total. The van der Waals surface area contributed by atoms with Gasteiger partial charge >= 0.3 is 0 Å². The van der Waals surface area contributed by atoms with Gasteiger partial charge in [0, 0.05) is 30.9 Å². The molecule has 0 atom stereocenters. The highest BCUT2D eigenvalue weighted by Gasteiger charge is 2.20. The Morgan fingerprint density at radius 3 is 2.90 bits per heavy atom. The molecular weight excluding hydrogens is 272 g/mol. The Morgan fingerprint density at radius 1 is 1.50 bits per heavy atom. The summed E-state index contributed by atoms with van der Waals surface area (Å²) in [5, 5.41) is 4.98. The fourth-order valence-electron chi connectivity index (χ4n) is 2.34. The van der Waals surface area contributed by atoms with E-state index in [1.165, 1.54) is 0 Å². The normalized spacial score (nSPS) is 12.2. The standard InChI is InChI=1S/C14H22N4OS/c1-14(2,10-17(3)4)9-15-12(19)7-11-8-18-5-6-20-13(18)16-11/h5-6,8H,7,9-10H2,1-4H3,(H,15,19). The molecule has 0 bridgehead atoms. The van der Waals surface area contributed by atoms with E-state index in [1.807, 2.05) is 36.3 Å². The molecule has 2 aromatic rings. The zero-order valence-electron chi connectivity index (χ0n) is 12.5. The van der Waals surface area contributed by atoms with Crippen LogP contribution in [0.4, 0.5) is 0 Å². The van der Waals surface area contributed by atoms with Gasteiger partial charge in [-0.25, -0.2) is 4.98 Å². The van der Waals surface area contributed by atoms with Gasteiger partial charge in [0.25, 0.3) is 0 Å². The topological polar surface area (TPSA) is 49.6 Å². The maximum atomic E-state index is 12.0. The Morgan fingerprint density at radius 2 is 2.25 bits per heavy atom. The van der Waals surface area contributed by atoms with Crippen molar-refractivity contribution in [3.63, 3.8) is 0 Å².